The van der Waals surface area contributed by atoms with Crippen molar-refractivity contribution < 1.29 is 9.53 Å². The topological polar surface area (TPSA) is 41.6 Å². The Kier molecular flexibility index (Phi) is 8.07. The van der Waals surface area contributed by atoms with E-state index in [1.165, 1.54) is 0 Å². The monoisotopic (exact) mass is 298 g/mol. The molecule has 1 amide bonds. The number of amides is 1. The molecule has 1 N–H and O–H groups in total. The van der Waals surface area contributed by atoms with Gasteiger partial charge in [-0.3, -0.25) is 9.69 Å². The number of nitrogens with zero attached hydrogens (tertiary/aromatic N) is 1. The maximum atomic E-state index is 11.5. The molecule has 0 atom stereocenters. The number of nitrogens with one attached hydrogen (secondary N) is 1. The lowest BCUT2D eigenvalue weighted by molar-refractivity contribution is -0.121. The van der Waals surface area contributed by atoms with Crippen LogP contribution in [0.1, 0.15) is 19.8 Å². The molecule has 0 aromatic heterocycles. The van der Waals surface area contributed by atoms with Crippen molar-refractivity contribution in [1.29, 1.82) is 0 Å². The number of rotatable bonds is 9. The predicted molar refractivity (Wildman–Crippen MR) is 82.4 cm³/mol. The second-order valence-corrected chi connectivity index (χ2v) is 5.18. The van der Waals surface area contributed by atoms with E-state index in [1.807, 2.05) is 31.0 Å². The van der Waals surface area contributed by atoms with Gasteiger partial charge >= 0.3 is 0 Å². The Labute approximate surface area is 126 Å². The minimum absolute atomic E-state index is 0.0768. The zero-order valence-corrected chi connectivity index (χ0v) is 12.9. The fraction of sp³-hybridized carbons (Fsp3) is 0.533. The van der Waals surface area contributed by atoms with Gasteiger partial charge in [0.05, 0.1) is 13.2 Å². The molecule has 0 radical (unpaired) electrons. The van der Waals surface area contributed by atoms with Crippen molar-refractivity contribution in [2.24, 2.45) is 0 Å². The lowest BCUT2D eigenvalue weighted by Crippen LogP contribution is -2.36. The molecule has 0 bridgehead atoms. The van der Waals surface area contributed by atoms with Crippen molar-refractivity contribution in [2.75, 3.05) is 33.3 Å². The van der Waals surface area contributed by atoms with E-state index >= 15 is 0 Å². The van der Waals surface area contributed by atoms with Crippen LogP contribution in [0.15, 0.2) is 24.3 Å². The van der Waals surface area contributed by atoms with E-state index in [0.717, 1.165) is 31.7 Å². The SMILES string of the molecule is CCCNC(=O)CN(C)CCCOc1ccc(Cl)cc1. The lowest BCUT2D eigenvalue weighted by atomic mass is 10.3. The molecule has 5 heteroatoms. The number of hydrogen-bond acceptors (Lipinski definition) is 3. The van der Waals surface area contributed by atoms with Crippen LogP contribution in [-0.4, -0.2) is 44.1 Å². The highest BCUT2D eigenvalue weighted by atomic mass is 35.5. The van der Waals surface area contributed by atoms with Crippen LogP contribution in [0, 0.1) is 0 Å². The van der Waals surface area contributed by atoms with Crippen molar-refractivity contribution in [3.63, 3.8) is 0 Å². The van der Waals surface area contributed by atoms with E-state index in [2.05, 4.69) is 5.32 Å². The molecule has 0 unspecified atom stereocenters. The summed E-state index contributed by atoms with van der Waals surface area (Å²) in [7, 11) is 1.94. The van der Waals surface area contributed by atoms with Gasteiger partial charge in [0.25, 0.3) is 0 Å². The summed E-state index contributed by atoms with van der Waals surface area (Å²) >= 11 is 5.80. The van der Waals surface area contributed by atoms with Crippen molar-refractivity contribution >= 4 is 17.5 Å². The number of carbonyl (C=O) groups is 1. The van der Waals surface area contributed by atoms with Crippen LogP contribution in [0.5, 0.6) is 5.75 Å². The van der Waals surface area contributed by atoms with Gasteiger partial charge in [0.1, 0.15) is 5.75 Å². The van der Waals surface area contributed by atoms with Crippen LogP contribution in [0.2, 0.25) is 5.02 Å². The maximum Gasteiger partial charge on any atom is 0.234 e. The average molecular weight is 299 g/mol. The number of benzene rings is 1. The van der Waals surface area contributed by atoms with Gasteiger partial charge in [0.2, 0.25) is 5.91 Å². The van der Waals surface area contributed by atoms with Gasteiger partial charge in [0.15, 0.2) is 0 Å². The zero-order valence-electron chi connectivity index (χ0n) is 12.2. The summed E-state index contributed by atoms with van der Waals surface area (Å²) in [6, 6.07) is 7.32. The predicted octanol–water partition coefficient (Wildman–Crippen LogP) is 2.57. The first-order valence-electron chi connectivity index (χ1n) is 6.95. The summed E-state index contributed by atoms with van der Waals surface area (Å²) in [5.41, 5.74) is 0. The molecule has 1 rings (SSSR count). The molecule has 1 aromatic rings. The fourth-order valence-corrected chi connectivity index (χ4v) is 1.83. The van der Waals surface area contributed by atoms with Crippen LogP contribution in [0.3, 0.4) is 0 Å². The molecule has 0 saturated carbocycles. The zero-order chi connectivity index (χ0) is 14.8. The third kappa shape index (κ3) is 7.36. The molecule has 0 aliphatic carbocycles. The standard InChI is InChI=1S/C15H23ClN2O2/c1-3-9-17-15(19)12-18(2)10-4-11-20-14-7-5-13(16)6-8-14/h5-8H,3-4,9-12H2,1-2H3,(H,17,19). The summed E-state index contributed by atoms with van der Waals surface area (Å²) in [6.45, 7) is 4.67. The Balaban J connectivity index is 2.11. The Morgan fingerprint density at radius 2 is 2.05 bits per heavy atom. The largest absolute Gasteiger partial charge is 0.494 e. The van der Waals surface area contributed by atoms with Crippen molar-refractivity contribution in [3.8, 4) is 5.75 Å². The second-order valence-electron chi connectivity index (χ2n) is 4.74. The first-order valence-corrected chi connectivity index (χ1v) is 7.33. The van der Waals surface area contributed by atoms with Gasteiger partial charge in [0, 0.05) is 18.1 Å². The molecule has 20 heavy (non-hydrogen) atoms. The smallest absolute Gasteiger partial charge is 0.234 e. The van der Waals surface area contributed by atoms with Gasteiger partial charge in [-0.25, -0.2) is 0 Å². The van der Waals surface area contributed by atoms with Crippen LogP contribution >= 0.6 is 11.6 Å². The first kappa shape index (κ1) is 16.8. The van der Waals surface area contributed by atoms with Crippen molar-refractivity contribution in [3.05, 3.63) is 29.3 Å². The molecule has 0 heterocycles. The number of hydrogen-bond donors (Lipinski definition) is 1. The third-order valence-corrected chi connectivity index (χ3v) is 3.00. The lowest BCUT2D eigenvalue weighted by Gasteiger charge is -2.16. The van der Waals surface area contributed by atoms with Crippen molar-refractivity contribution in [2.45, 2.75) is 19.8 Å². The molecule has 1 aromatic carbocycles. The van der Waals surface area contributed by atoms with E-state index in [4.69, 9.17) is 16.3 Å². The number of halogens is 1. The van der Waals surface area contributed by atoms with Gasteiger partial charge in [-0.05, 0) is 44.2 Å². The Morgan fingerprint density at radius 1 is 1.35 bits per heavy atom. The minimum Gasteiger partial charge on any atom is -0.494 e. The normalized spacial score (nSPS) is 10.6. The Bertz CT molecular complexity index is 395. The summed E-state index contributed by atoms with van der Waals surface area (Å²) in [5.74, 6) is 0.894. The number of likely N-dealkylation sites (N-methyl/N-ethyl adjacent to an activating group) is 1. The molecule has 0 aliphatic rings. The van der Waals surface area contributed by atoms with Crippen molar-refractivity contribution in [1.82, 2.24) is 10.2 Å². The summed E-state index contributed by atoms with van der Waals surface area (Å²) in [4.78, 5) is 13.5. The summed E-state index contributed by atoms with van der Waals surface area (Å²) in [6.07, 6.45) is 1.84. The van der Waals surface area contributed by atoms with E-state index in [-0.39, 0.29) is 5.91 Å². The summed E-state index contributed by atoms with van der Waals surface area (Å²) < 4.78 is 5.60. The highest BCUT2D eigenvalue weighted by Crippen LogP contribution is 2.15. The first-order chi connectivity index (χ1) is 9.61. The molecule has 0 spiro atoms. The average Bonchev–Trinajstić information content (AvgIpc) is 2.43. The van der Waals surface area contributed by atoms with E-state index in [9.17, 15) is 4.79 Å². The van der Waals surface area contributed by atoms with Gasteiger partial charge in [-0.1, -0.05) is 18.5 Å². The molecule has 112 valence electrons. The quantitative estimate of drug-likeness (QED) is 0.713. The van der Waals surface area contributed by atoms with E-state index in [1.54, 1.807) is 12.1 Å². The van der Waals surface area contributed by atoms with Crippen LogP contribution in [0.25, 0.3) is 0 Å². The molecule has 0 fully saturated rings. The molecular weight excluding hydrogens is 276 g/mol. The molecular formula is C15H23ClN2O2. The summed E-state index contributed by atoms with van der Waals surface area (Å²) in [5, 5.41) is 3.56. The number of ether oxygens (including phenoxy) is 1. The third-order valence-electron chi connectivity index (χ3n) is 2.75. The highest BCUT2D eigenvalue weighted by molar-refractivity contribution is 6.30. The maximum absolute atomic E-state index is 11.5. The van der Waals surface area contributed by atoms with Crippen LogP contribution < -0.4 is 10.1 Å². The fourth-order valence-electron chi connectivity index (χ4n) is 1.70. The molecule has 0 saturated heterocycles. The second kappa shape index (κ2) is 9.61. The van der Waals surface area contributed by atoms with Crippen LogP contribution in [-0.2, 0) is 4.79 Å². The Hall–Kier alpha value is -1.26. The van der Waals surface area contributed by atoms with E-state index < -0.39 is 0 Å². The number of carbonyl (C=O) groups excluding carboxylic acids is 1. The molecule has 0 aliphatic heterocycles. The minimum atomic E-state index is 0.0768. The van der Waals surface area contributed by atoms with Gasteiger partial charge in [-0.2, -0.15) is 0 Å². The van der Waals surface area contributed by atoms with Crippen LogP contribution in [0.4, 0.5) is 0 Å². The van der Waals surface area contributed by atoms with Gasteiger partial charge in [-0.15, -0.1) is 0 Å². The highest BCUT2D eigenvalue weighted by Gasteiger charge is 2.05. The van der Waals surface area contributed by atoms with E-state index in [0.29, 0.717) is 18.2 Å². The molecule has 4 nitrogen and oxygen atoms in total. The Morgan fingerprint density at radius 3 is 2.70 bits per heavy atom. The van der Waals surface area contributed by atoms with Gasteiger partial charge < -0.3 is 10.1 Å².